The van der Waals surface area contributed by atoms with Gasteiger partial charge in [-0.15, -0.1) is 0 Å². The molecular formula is C18H32O2Si. The van der Waals surface area contributed by atoms with Crippen LogP contribution in [-0.4, -0.2) is 21.8 Å². The highest BCUT2D eigenvalue weighted by molar-refractivity contribution is 6.67. The Hall–Kier alpha value is -0.643. The van der Waals surface area contributed by atoms with Crippen LogP contribution >= 0.6 is 0 Å². The summed E-state index contributed by atoms with van der Waals surface area (Å²) < 4.78 is 12.4. The van der Waals surface area contributed by atoms with Crippen LogP contribution in [0.15, 0.2) is 30.3 Å². The number of benzene rings is 1. The summed E-state index contributed by atoms with van der Waals surface area (Å²) in [5.41, 5.74) is 1.39. The lowest BCUT2D eigenvalue weighted by atomic mass is 10.1. The van der Waals surface area contributed by atoms with E-state index in [1.165, 1.54) is 24.8 Å². The van der Waals surface area contributed by atoms with Gasteiger partial charge in [-0.05, 0) is 36.9 Å². The molecule has 21 heavy (non-hydrogen) atoms. The second-order valence-electron chi connectivity index (χ2n) is 5.61. The molecule has 1 aromatic rings. The van der Waals surface area contributed by atoms with Crippen LogP contribution in [-0.2, 0) is 15.3 Å². The van der Waals surface area contributed by atoms with E-state index >= 15 is 0 Å². The quantitative estimate of drug-likeness (QED) is 0.384. The van der Waals surface area contributed by atoms with Crippen molar-refractivity contribution < 1.29 is 8.85 Å². The van der Waals surface area contributed by atoms with Gasteiger partial charge in [0.2, 0.25) is 0 Å². The predicted molar refractivity (Wildman–Crippen MR) is 92.9 cm³/mol. The van der Waals surface area contributed by atoms with Crippen LogP contribution in [0.4, 0.5) is 0 Å². The van der Waals surface area contributed by atoms with Crippen LogP contribution in [0.1, 0.15) is 52.0 Å². The van der Waals surface area contributed by atoms with Crippen molar-refractivity contribution in [2.75, 3.05) is 13.2 Å². The van der Waals surface area contributed by atoms with Gasteiger partial charge in [-0.25, -0.2) is 0 Å². The Bertz CT molecular complexity index is 349. The summed E-state index contributed by atoms with van der Waals surface area (Å²) in [5, 5.41) is 0. The molecule has 0 saturated carbocycles. The van der Waals surface area contributed by atoms with E-state index in [0.29, 0.717) is 0 Å². The van der Waals surface area contributed by atoms with Crippen molar-refractivity contribution in [3.8, 4) is 0 Å². The first-order valence-electron chi connectivity index (χ1n) is 8.58. The van der Waals surface area contributed by atoms with E-state index in [0.717, 1.165) is 38.1 Å². The fourth-order valence-electron chi connectivity index (χ4n) is 2.49. The third-order valence-electron chi connectivity index (χ3n) is 4.01. The minimum Gasteiger partial charge on any atom is -0.394 e. The average molecular weight is 309 g/mol. The zero-order valence-corrected chi connectivity index (χ0v) is 15.1. The summed E-state index contributed by atoms with van der Waals surface area (Å²) in [5.74, 6) is 0. The Morgan fingerprint density at radius 1 is 0.810 bits per heavy atom. The van der Waals surface area contributed by atoms with E-state index in [1.807, 2.05) is 0 Å². The van der Waals surface area contributed by atoms with Crippen LogP contribution < -0.4 is 0 Å². The van der Waals surface area contributed by atoms with Gasteiger partial charge in [-0.3, -0.25) is 0 Å². The van der Waals surface area contributed by atoms with Crippen LogP contribution in [0.5, 0.6) is 0 Å². The van der Waals surface area contributed by atoms with Crippen molar-refractivity contribution in [2.24, 2.45) is 0 Å². The molecule has 0 aliphatic heterocycles. The molecule has 1 aromatic carbocycles. The molecule has 0 fully saturated rings. The number of hydrogen-bond donors (Lipinski definition) is 0. The summed E-state index contributed by atoms with van der Waals surface area (Å²) in [7, 11) is -1.93. The number of hydrogen-bond acceptors (Lipinski definition) is 2. The highest BCUT2D eigenvalue weighted by Gasteiger charge is 2.33. The van der Waals surface area contributed by atoms with E-state index < -0.39 is 8.56 Å². The molecule has 0 unspecified atom stereocenters. The van der Waals surface area contributed by atoms with E-state index in [-0.39, 0.29) is 0 Å². The minimum atomic E-state index is -1.93. The second kappa shape index (κ2) is 11.0. The Balaban J connectivity index is 2.29. The Labute approximate surface area is 132 Å². The van der Waals surface area contributed by atoms with Gasteiger partial charge in [0.15, 0.2) is 0 Å². The molecule has 0 amide bonds. The smallest absolute Gasteiger partial charge is 0.337 e. The lowest BCUT2D eigenvalue weighted by molar-refractivity contribution is 0.164. The maximum atomic E-state index is 6.25. The molecule has 0 saturated heterocycles. The topological polar surface area (TPSA) is 18.5 Å². The molecule has 2 nitrogen and oxygen atoms in total. The lowest BCUT2D eigenvalue weighted by Crippen LogP contribution is -2.41. The molecule has 0 spiro atoms. The Kier molecular flexibility index (Phi) is 9.64. The normalized spacial score (nSPS) is 11.8. The van der Waals surface area contributed by atoms with E-state index in [2.05, 4.69) is 51.1 Å². The fourth-order valence-corrected chi connectivity index (χ4v) is 4.92. The molecule has 0 aliphatic carbocycles. The molecule has 0 atom stereocenters. The maximum absolute atomic E-state index is 6.25. The van der Waals surface area contributed by atoms with Crippen molar-refractivity contribution in [3.05, 3.63) is 35.9 Å². The minimum absolute atomic E-state index is 0.830. The van der Waals surface area contributed by atoms with Gasteiger partial charge in [0.05, 0.1) is 0 Å². The Morgan fingerprint density at radius 2 is 1.43 bits per heavy atom. The largest absolute Gasteiger partial charge is 0.394 e. The van der Waals surface area contributed by atoms with Gasteiger partial charge in [0.1, 0.15) is 0 Å². The van der Waals surface area contributed by atoms with Crippen molar-refractivity contribution in [3.63, 3.8) is 0 Å². The van der Waals surface area contributed by atoms with Gasteiger partial charge in [-0.2, -0.15) is 0 Å². The SMILES string of the molecule is CCCCCO[Si](CC)(CC)OCCCc1ccccc1. The molecule has 1 rings (SSSR count). The van der Waals surface area contributed by atoms with Crippen molar-refractivity contribution in [2.45, 2.75) is 65.0 Å². The average Bonchev–Trinajstić information content (AvgIpc) is 2.55. The number of aryl methyl sites for hydroxylation is 1. The van der Waals surface area contributed by atoms with Crippen LogP contribution in [0.2, 0.25) is 12.1 Å². The standard InChI is InChI=1S/C18H32O2Si/c1-4-7-11-16-19-21(5-2,6-3)20-17-12-15-18-13-9-8-10-14-18/h8-10,13-14H,4-7,11-12,15-17H2,1-3H3. The van der Waals surface area contributed by atoms with Gasteiger partial charge in [0, 0.05) is 13.2 Å². The predicted octanol–water partition coefficient (Wildman–Crippen LogP) is 5.32. The number of rotatable bonds is 12. The van der Waals surface area contributed by atoms with Gasteiger partial charge < -0.3 is 8.85 Å². The van der Waals surface area contributed by atoms with Gasteiger partial charge in [-0.1, -0.05) is 63.9 Å². The lowest BCUT2D eigenvalue weighted by Gasteiger charge is -2.29. The molecule has 0 aliphatic rings. The summed E-state index contributed by atoms with van der Waals surface area (Å²) in [6, 6.07) is 12.8. The molecule has 0 N–H and O–H groups in total. The van der Waals surface area contributed by atoms with Crippen molar-refractivity contribution in [1.82, 2.24) is 0 Å². The van der Waals surface area contributed by atoms with Gasteiger partial charge >= 0.3 is 8.56 Å². The summed E-state index contributed by atoms with van der Waals surface area (Å²) >= 11 is 0. The molecule has 0 radical (unpaired) electrons. The fraction of sp³-hybridized carbons (Fsp3) is 0.667. The molecule has 0 bridgehead atoms. The summed E-state index contributed by atoms with van der Waals surface area (Å²) in [6.45, 7) is 8.36. The summed E-state index contributed by atoms with van der Waals surface area (Å²) in [6.07, 6.45) is 5.84. The zero-order valence-electron chi connectivity index (χ0n) is 14.1. The van der Waals surface area contributed by atoms with Crippen LogP contribution in [0, 0.1) is 0 Å². The first-order valence-corrected chi connectivity index (χ1v) is 10.8. The molecule has 0 aromatic heterocycles. The molecule has 0 heterocycles. The molecule has 3 heteroatoms. The van der Waals surface area contributed by atoms with E-state index in [4.69, 9.17) is 8.85 Å². The van der Waals surface area contributed by atoms with Crippen LogP contribution in [0.3, 0.4) is 0 Å². The zero-order chi connectivity index (χ0) is 15.4. The highest BCUT2D eigenvalue weighted by Crippen LogP contribution is 2.20. The third kappa shape index (κ3) is 7.25. The highest BCUT2D eigenvalue weighted by atomic mass is 28.4. The number of unbranched alkanes of at least 4 members (excludes halogenated alkanes) is 2. The first kappa shape index (κ1) is 18.4. The summed E-state index contributed by atoms with van der Waals surface area (Å²) in [4.78, 5) is 0. The molecular weight excluding hydrogens is 276 g/mol. The third-order valence-corrected chi connectivity index (χ3v) is 7.62. The Morgan fingerprint density at radius 3 is 2.00 bits per heavy atom. The maximum Gasteiger partial charge on any atom is 0.337 e. The van der Waals surface area contributed by atoms with Crippen LogP contribution in [0.25, 0.3) is 0 Å². The van der Waals surface area contributed by atoms with E-state index in [1.54, 1.807) is 0 Å². The molecule has 120 valence electrons. The first-order chi connectivity index (χ1) is 10.3. The van der Waals surface area contributed by atoms with Crippen molar-refractivity contribution in [1.29, 1.82) is 0 Å². The second-order valence-corrected chi connectivity index (χ2v) is 9.42. The monoisotopic (exact) mass is 308 g/mol. The van der Waals surface area contributed by atoms with Crippen molar-refractivity contribution >= 4 is 8.56 Å². The van der Waals surface area contributed by atoms with E-state index in [9.17, 15) is 0 Å². The van der Waals surface area contributed by atoms with Gasteiger partial charge in [0.25, 0.3) is 0 Å².